The van der Waals surface area contributed by atoms with Crippen LogP contribution < -0.4 is 11.1 Å². The lowest BCUT2D eigenvalue weighted by Gasteiger charge is -2.10. The number of hydrogen-bond acceptors (Lipinski definition) is 5. The van der Waals surface area contributed by atoms with Crippen LogP contribution in [0.4, 0.5) is 5.69 Å². The van der Waals surface area contributed by atoms with Crippen molar-refractivity contribution in [2.24, 2.45) is 0 Å². The van der Waals surface area contributed by atoms with E-state index in [9.17, 15) is 14.9 Å². The van der Waals surface area contributed by atoms with E-state index >= 15 is 0 Å². The van der Waals surface area contributed by atoms with Gasteiger partial charge >= 0.3 is 5.97 Å². The number of methoxy groups -OCH3 is 1. The lowest BCUT2D eigenvalue weighted by Crippen LogP contribution is -2.22. The summed E-state index contributed by atoms with van der Waals surface area (Å²) in [7, 11) is 1.24. The van der Waals surface area contributed by atoms with Gasteiger partial charge in [0.1, 0.15) is 6.07 Å². The molecule has 1 amide bonds. The molecule has 1 aromatic heterocycles. The molecule has 0 spiro atoms. The van der Waals surface area contributed by atoms with Crippen molar-refractivity contribution >= 4 is 17.6 Å². The topological polar surface area (TPSA) is 110 Å². The van der Waals surface area contributed by atoms with Gasteiger partial charge in [0.05, 0.1) is 18.4 Å². The second-order valence-electron chi connectivity index (χ2n) is 5.99. The lowest BCUT2D eigenvalue weighted by atomic mass is 10.1. The number of carbonyl (C=O) groups is 2. The van der Waals surface area contributed by atoms with Crippen LogP contribution in [0.25, 0.3) is 5.69 Å². The maximum atomic E-state index is 12.3. The number of nitrogens with one attached hydrogen (secondary N) is 1. The number of amides is 1. The number of anilines is 1. The molecule has 3 aromatic rings. The summed E-state index contributed by atoms with van der Waals surface area (Å²) in [5.74, 6) is -0.864. The van der Waals surface area contributed by atoms with Gasteiger partial charge in [-0.2, -0.15) is 5.26 Å². The van der Waals surface area contributed by atoms with Gasteiger partial charge < -0.3 is 20.4 Å². The van der Waals surface area contributed by atoms with Crippen LogP contribution in [0.5, 0.6) is 0 Å². The van der Waals surface area contributed by atoms with Crippen molar-refractivity contribution in [1.29, 1.82) is 5.26 Å². The van der Waals surface area contributed by atoms with E-state index in [-0.39, 0.29) is 22.9 Å². The highest BCUT2D eigenvalue weighted by Gasteiger charge is 2.21. The van der Waals surface area contributed by atoms with Gasteiger partial charge in [-0.25, -0.2) is 4.79 Å². The van der Waals surface area contributed by atoms with E-state index in [1.807, 2.05) is 36.4 Å². The monoisotopic (exact) mass is 374 g/mol. The van der Waals surface area contributed by atoms with Crippen molar-refractivity contribution in [3.63, 3.8) is 0 Å². The molecule has 3 N–H and O–H groups in total. The average Bonchev–Trinajstić information content (AvgIpc) is 3.08. The SMILES string of the molecule is COC(=O)c1c(N)c(C#N)cn1-c1ccc(C(=O)NCc2ccccc2)cc1. The molecule has 28 heavy (non-hydrogen) atoms. The minimum Gasteiger partial charge on any atom is -0.464 e. The molecule has 0 saturated carbocycles. The number of rotatable bonds is 5. The molecule has 7 nitrogen and oxygen atoms in total. The van der Waals surface area contributed by atoms with E-state index in [1.54, 1.807) is 24.3 Å². The van der Waals surface area contributed by atoms with Gasteiger partial charge in [0.25, 0.3) is 5.91 Å². The molecule has 0 atom stereocenters. The zero-order valence-electron chi connectivity index (χ0n) is 15.2. The highest BCUT2D eigenvalue weighted by atomic mass is 16.5. The molecule has 0 aliphatic heterocycles. The molecule has 0 aliphatic rings. The predicted octanol–water partition coefficient (Wildman–Crippen LogP) is 2.65. The molecule has 0 fully saturated rings. The van der Waals surface area contributed by atoms with Crippen LogP contribution in [0.3, 0.4) is 0 Å². The van der Waals surface area contributed by atoms with E-state index in [4.69, 9.17) is 10.5 Å². The minimum atomic E-state index is -0.649. The summed E-state index contributed by atoms with van der Waals surface area (Å²) in [6.45, 7) is 0.424. The molecule has 2 aromatic carbocycles. The van der Waals surface area contributed by atoms with Crippen LogP contribution in [0.1, 0.15) is 32.0 Å². The molecule has 3 rings (SSSR count). The number of ether oxygens (including phenoxy) is 1. The van der Waals surface area contributed by atoms with Crippen LogP contribution >= 0.6 is 0 Å². The van der Waals surface area contributed by atoms with Crippen LogP contribution in [-0.4, -0.2) is 23.6 Å². The molecular formula is C21H18N4O3. The Bertz CT molecular complexity index is 1050. The zero-order valence-corrected chi connectivity index (χ0v) is 15.2. The molecule has 0 aliphatic carbocycles. The number of nitriles is 1. The highest BCUT2D eigenvalue weighted by Crippen LogP contribution is 2.24. The van der Waals surface area contributed by atoms with Crippen molar-refractivity contribution in [1.82, 2.24) is 9.88 Å². The first kappa shape index (κ1) is 18.7. The Hall–Kier alpha value is -4.05. The fourth-order valence-electron chi connectivity index (χ4n) is 2.77. The van der Waals surface area contributed by atoms with Gasteiger partial charge in [-0.3, -0.25) is 4.79 Å². The van der Waals surface area contributed by atoms with Gasteiger partial charge in [0, 0.05) is 24.0 Å². The van der Waals surface area contributed by atoms with Crippen LogP contribution in [0.2, 0.25) is 0 Å². The standard InChI is InChI=1S/C21H18N4O3/c1-28-21(27)19-18(23)16(11-22)13-25(19)17-9-7-15(8-10-17)20(26)24-12-14-5-3-2-4-6-14/h2-10,13H,12,23H2,1H3,(H,24,26). The second-order valence-corrected chi connectivity index (χ2v) is 5.99. The first-order valence-corrected chi connectivity index (χ1v) is 8.47. The summed E-state index contributed by atoms with van der Waals surface area (Å²) < 4.78 is 6.24. The summed E-state index contributed by atoms with van der Waals surface area (Å²) in [6, 6.07) is 18.2. The Morgan fingerprint density at radius 2 is 1.82 bits per heavy atom. The first-order valence-electron chi connectivity index (χ1n) is 8.47. The van der Waals surface area contributed by atoms with Gasteiger partial charge in [0.15, 0.2) is 5.69 Å². The molecule has 0 unspecified atom stereocenters. The number of nitrogens with two attached hydrogens (primary N) is 1. The smallest absolute Gasteiger partial charge is 0.357 e. The van der Waals surface area contributed by atoms with E-state index in [0.29, 0.717) is 17.8 Å². The van der Waals surface area contributed by atoms with E-state index < -0.39 is 5.97 Å². The third-order valence-electron chi connectivity index (χ3n) is 4.25. The van der Waals surface area contributed by atoms with E-state index in [2.05, 4.69) is 5.32 Å². The average molecular weight is 374 g/mol. The van der Waals surface area contributed by atoms with Gasteiger partial charge in [-0.05, 0) is 29.8 Å². The van der Waals surface area contributed by atoms with Crippen molar-refractivity contribution in [3.05, 3.63) is 83.2 Å². The molecule has 1 heterocycles. The normalized spacial score (nSPS) is 10.1. The Kier molecular flexibility index (Phi) is 5.42. The number of nitrogens with zero attached hydrogens (tertiary/aromatic N) is 2. The number of carbonyl (C=O) groups excluding carboxylic acids is 2. The summed E-state index contributed by atoms with van der Waals surface area (Å²) in [5, 5.41) is 12.0. The van der Waals surface area contributed by atoms with Crippen molar-refractivity contribution < 1.29 is 14.3 Å². The molecular weight excluding hydrogens is 356 g/mol. The molecule has 0 radical (unpaired) electrons. The summed E-state index contributed by atoms with van der Waals surface area (Å²) >= 11 is 0. The fourth-order valence-corrected chi connectivity index (χ4v) is 2.77. The van der Waals surface area contributed by atoms with E-state index in [0.717, 1.165) is 5.56 Å². The molecule has 0 bridgehead atoms. The van der Waals surface area contributed by atoms with Crippen LogP contribution in [0.15, 0.2) is 60.8 Å². The molecule has 0 saturated heterocycles. The highest BCUT2D eigenvalue weighted by molar-refractivity contribution is 5.96. The molecule has 140 valence electrons. The Labute approximate surface area is 162 Å². The largest absolute Gasteiger partial charge is 0.464 e. The number of hydrogen-bond donors (Lipinski definition) is 2. The lowest BCUT2D eigenvalue weighted by molar-refractivity contribution is 0.0592. The number of nitrogen functional groups attached to an aromatic ring is 1. The zero-order chi connectivity index (χ0) is 20.1. The summed E-state index contributed by atoms with van der Waals surface area (Å²) in [4.78, 5) is 24.4. The second kappa shape index (κ2) is 8.10. The third kappa shape index (κ3) is 3.71. The van der Waals surface area contributed by atoms with Crippen LogP contribution in [0, 0.1) is 11.3 Å². The van der Waals surface area contributed by atoms with Gasteiger partial charge in [-0.15, -0.1) is 0 Å². The third-order valence-corrected chi connectivity index (χ3v) is 4.25. The van der Waals surface area contributed by atoms with Crippen molar-refractivity contribution in [3.8, 4) is 11.8 Å². The number of esters is 1. The van der Waals surface area contributed by atoms with E-state index in [1.165, 1.54) is 17.9 Å². The van der Waals surface area contributed by atoms with Gasteiger partial charge in [-0.1, -0.05) is 30.3 Å². The Morgan fingerprint density at radius 1 is 1.14 bits per heavy atom. The predicted molar refractivity (Wildman–Crippen MR) is 104 cm³/mol. The Balaban J connectivity index is 1.82. The summed E-state index contributed by atoms with van der Waals surface area (Å²) in [6.07, 6.45) is 1.46. The minimum absolute atomic E-state index is 0.0547. The van der Waals surface area contributed by atoms with Crippen molar-refractivity contribution in [2.45, 2.75) is 6.54 Å². The maximum absolute atomic E-state index is 12.3. The number of aromatic nitrogens is 1. The number of benzene rings is 2. The Morgan fingerprint density at radius 3 is 2.43 bits per heavy atom. The van der Waals surface area contributed by atoms with Crippen LogP contribution in [-0.2, 0) is 11.3 Å². The van der Waals surface area contributed by atoms with Gasteiger partial charge in [0.2, 0.25) is 0 Å². The molecule has 7 heteroatoms. The summed E-state index contributed by atoms with van der Waals surface area (Å²) in [5.41, 5.74) is 8.24. The first-order chi connectivity index (χ1) is 13.5. The fraction of sp³-hybridized carbons (Fsp3) is 0.0952. The maximum Gasteiger partial charge on any atom is 0.357 e. The quantitative estimate of drug-likeness (QED) is 0.667. The van der Waals surface area contributed by atoms with Crippen molar-refractivity contribution in [2.75, 3.05) is 12.8 Å².